The second-order valence-electron chi connectivity index (χ2n) is 10.9. The number of hydrogen-bond donors (Lipinski definition) is 8. The van der Waals surface area contributed by atoms with E-state index in [-0.39, 0.29) is 6.61 Å². The highest BCUT2D eigenvalue weighted by Crippen LogP contribution is 2.33. The Kier molecular flexibility index (Phi) is 13.4. The quantitative estimate of drug-likeness (QED) is 0.109. The second-order valence-corrected chi connectivity index (χ2v) is 10.9. The molecule has 0 amide bonds. The van der Waals surface area contributed by atoms with Crippen molar-refractivity contribution in [1.82, 2.24) is 0 Å². The van der Waals surface area contributed by atoms with E-state index < -0.39 is 98.7 Å². The normalized spacial score (nSPS) is 46.4. The van der Waals surface area contributed by atoms with Crippen LogP contribution in [0.15, 0.2) is 0 Å². The minimum Gasteiger partial charge on any atom is -0.394 e. The molecule has 0 aromatic rings. The maximum absolute atomic E-state index is 11.0. The maximum atomic E-state index is 11.0. The molecule has 0 spiro atoms. The van der Waals surface area contributed by atoms with E-state index in [1.54, 1.807) is 6.92 Å². The van der Waals surface area contributed by atoms with Crippen LogP contribution in [0.25, 0.3) is 0 Å². The molecule has 3 fully saturated rings. The number of rotatable bonds is 13. The second kappa shape index (κ2) is 15.8. The van der Waals surface area contributed by atoms with Gasteiger partial charge in [0.2, 0.25) is 0 Å². The van der Waals surface area contributed by atoms with Gasteiger partial charge in [0.15, 0.2) is 18.9 Å². The number of ether oxygens (including phenoxy) is 6. The Morgan fingerprint density at radius 3 is 1.73 bits per heavy atom. The summed E-state index contributed by atoms with van der Waals surface area (Å²) in [5, 5.41) is 82.4. The van der Waals surface area contributed by atoms with Crippen LogP contribution in [0.5, 0.6) is 0 Å². The predicted octanol–water partition coefficient (Wildman–Crippen LogP) is -2.13. The maximum Gasteiger partial charge on any atom is 0.187 e. The van der Waals surface area contributed by atoms with Crippen molar-refractivity contribution >= 4 is 0 Å². The van der Waals surface area contributed by atoms with Gasteiger partial charge >= 0.3 is 0 Å². The summed E-state index contributed by atoms with van der Waals surface area (Å²) in [7, 11) is 0. The van der Waals surface area contributed by atoms with Crippen LogP contribution in [0.2, 0.25) is 0 Å². The third-order valence-corrected chi connectivity index (χ3v) is 7.78. The van der Waals surface area contributed by atoms with Crippen molar-refractivity contribution in [3.8, 4) is 0 Å². The molecule has 3 rings (SSSR count). The zero-order valence-corrected chi connectivity index (χ0v) is 23.3. The van der Waals surface area contributed by atoms with E-state index in [2.05, 4.69) is 6.92 Å². The molecule has 14 nitrogen and oxygen atoms in total. The SMILES string of the molecule is CCCCCCCCO[C@@H]1O[C@@H](C)[C@@H](O)[C@@H](O[C@H]2O[C@H](C)[C@@H](O)[C@H](O)[C@@H]2O)[C@@H]1O[C@H]1O[C@H](CO)[C@H](O)[C@H](O)[C@H]1O. The molecule has 8 N–H and O–H groups in total. The minimum atomic E-state index is -1.75. The van der Waals surface area contributed by atoms with Gasteiger partial charge in [-0.25, -0.2) is 0 Å². The van der Waals surface area contributed by atoms with Crippen LogP contribution in [0.1, 0.15) is 59.3 Å². The standard InChI is InChI=1S/C26H48O14/c1-4-5-6-7-8-9-10-35-26-23(40-25-21(34)19(32)17(30)14(11-27)38-25)22(16(29)13(3)37-26)39-24-20(33)18(31)15(28)12(2)36-24/h12-34H,4-11H2,1-3H3/t12-,13+,14-,15-,16-,17+,18+,19+,20+,21-,22-,23+,24-,25-,26-/m1/s1. The van der Waals surface area contributed by atoms with Gasteiger partial charge in [-0.1, -0.05) is 39.0 Å². The van der Waals surface area contributed by atoms with E-state index in [1.165, 1.54) is 6.92 Å². The van der Waals surface area contributed by atoms with Crippen molar-refractivity contribution in [2.45, 2.75) is 151 Å². The van der Waals surface area contributed by atoms with E-state index >= 15 is 0 Å². The molecule has 0 saturated carbocycles. The Labute approximate surface area is 234 Å². The summed E-state index contributed by atoms with van der Waals surface area (Å²) in [6, 6.07) is 0. The lowest BCUT2D eigenvalue weighted by atomic mass is 9.96. The Balaban J connectivity index is 1.79. The van der Waals surface area contributed by atoms with Crippen molar-refractivity contribution < 1.29 is 69.3 Å². The van der Waals surface area contributed by atoms with Gasteiger partial charge in [0.05, 0.1) is 18.8 Å². The van der Waals surface area contributed by atoms with Crippen LogP contribution in [-0.2, 0) is 28.4 Å². The third kappa shape index (κ3) is 8.08. The highest BCUT2D eigenvalue weighted by Gasteiger charge is 2.53. The third-order valence-electron chi connectivity index (χ3n) is 7.78. The largest absolute Gasteiger partial charge is 0.394 e. The fraction of sp³-hybridized carbons (Fsp3) is 1.00. The van der Waals surface area contributed by atoms with Crippen molar-refractivity contribution in [2.75, 3.05) is 13.2 Å². The first-order valence-electron chi connectivity index (χ1n) is 14.3. The number of aliphatic hydroxyl groups excluding tert-OH is 8. The average Bonchev–Trinajstić information content (AvgIpc) is 2.94. The number of aliphatic hydroxyl groups is 8. The summed E-state index contributed by atoms with van der Waals surface area (Å²) in [6.07, 6.45) is -15.0. The molecule has 14 heteroatoms. The topological polar surface area (TPSA) is 217 Å². The van der Waals surface area contributed by atoms with Crippen LogP contribution in [-0.4, -0.2) is 146 Å². The van der Waals surface area contributed by atoms with Gasteiger partial charge in [-0.15, -0.1) is 0 Å². The van der Waals surface area contributed by atoms with Gasteiger partial charge in [-0.05, 0) is 20.3 Å². The summed E-state index contributed by atoms with van der Waals surface area (Å²) >= 11 is 0. The monoisotopic (exact) mass is 584 g/mol. The molecule has 0 aromatic carbocycles. The van der Waals surface area contributed by atoms with Gasteiger partial charge in [-0.2, -0.15) is 0 Å². The lowest BCUT2D eigenvalue weighted by Crippen LogP contribution is -2.66. The van der Waals surface area contributed by atoms with Crippen molar-refractivity contribution in [1.29, 1.82) is 0 Å². The predicted molar refractivity (Wildman–Crippen MR) is 136 cm³/mol. The van der Waals surface area contributed by atoms with Gasteiger partial charge < -0.3 is 69.3 Å². The van der Waals surface area contributed by atoms with Gasteiger partial charge in [0.25, 0.3) is 0 Å². The van der Waals surface area contributed by atoms with Crippen LogP contribution >= 0.6 is 0 Å². The lowest BCUT2D eigenvalue weighted by molar-refractivity contribution is -0.388. The van der Waals surface area contributed by atoms with Crippen molar-refractivity contribution in [2.24, 2.45) is 0 Å². The van der Waals surface area contributed by atoms with E-state index in [0.29, 0.717) is 6.42 Å². The summed E-state index contributed by atoms with van der Waals surface area (Å²) in [5.41, 5.74) is 0. The van der Waals surface area contributed by atoms with Crippen LogP contribution in [0.4, 0.5) is 0 Å². The summed E-state index contributed by atoms with van der Waals surface area (Å²) < 4.78 is 34.8. The van der Waals surface area contributed by atoms with Crippen molar-refractivity contribution in [3.63, 3.8) is 0 Å². The molecule has 15 atom stereocenters. The fourth-order valence-electron chi connectivity index (χ4n) is 5.12. The lowest BCUT2D eigenvalue weighted by Gasteiger charge is -2.48. The highest BCUT2D eigenvalue weighted by molar-refractivity contribution is 4.95. The first-order chi connectivity index (χ1) is 19.0. The van der Waals surface area contributed by atoms with E-state index in [0.717, 1.165) is 32.1 Å². The van der Waals surface area contributed by atoms with Crippen molar-refractivity contribution in [3.05, 3.63) is 0 Å². The minimum absolute atomic E-state index is 0.269. The molecular weight excluding hydrogens is 536 g/mol. The molecule has 0 aliphatic carbocycles. The molecule has 3 aliphatic heterocycles. The molecule has 236 valence electrons. The Morgan fingerprint density at radius 1 is 0.550 bits per heavy atom. The fourth-order valence-corrected chi connectivity index (χ4v) is 5.12. The van der Waals surface area contributed by atoms with Crippen LogP contribution < -0.4 is 0 Å². The molecule has 3 aliphatic rings. The van der Waals surface area contributed by atoms with Gasteiger partial charge in [0.1, 0.15) is 61.0 Å². The zero-order valence-electron chi connectivity index (χ0n) is 23.3. The van der Waals surface area contributed by atoms with Crippen LogP contribution in [0, 0.1) is 0 Å². The highest BCUT2D eigenvalue weighted by atomic mass is 16.8. The average molecular weight is 585 g/mol. The summed E-state index contributed by atoms with van der Waals surface area (Å²) in [5.74, 6) is 0. The Morgan fingerprint density at radius 2 is 1.07 bits per heavy atom. The van der Waals surface area contributed by atoms with E-state index in [1.807, 2.05) is 0 Å². The summed E-state index contributed by atoms with van der Waals surface area (Å²) in [6.45, 7) is 4.78. The Hall–Kier alpha value is -0.560. The summed E-state index contributed by atoms with van der Waals surface area (Å²) in [4.78, 5) is 0. The van der Waals surface area contributed by atoms with Crippen LogP contribution in [0.3, 0.4) is 0 Å². The van der Waals surface area contributed by atoms with Gasteiger partial charge in [0, 0.05) is 6.61 Å². The van der Waals surface area contributed by atoms with E-state index in [4.69, 9.17) is 28.4 Å². The molecule has 40 heavy (non-hydrogen) atoms. The molecule has 3 saturated heterocycles. The molecule has 0 radical (unpaired) electrons. The number of unbranched alkanes of at least 4 members (excludes halogenated alkanes) is 5. The molecular formula is C26H48O14. The molecule has 0 bridgehead atoms. The van der Waals surface area contributed by atoms with E-state index in [9.17, 15) is 40.9 Å². The molecule has 3 heterocycles. The molecule has 0 unspecified atom stereocenters. The molecule has 0 aromatic heterocycles. The number of hydrogen-bond acceptors (Lipinski definition) is 14. The smallest absolute Gasteiger partial charge is 0.187 e. The zero-order chi connectivity index (χ0) is 29.6. The first-order valence-corrected chi connectivity index (χ1v) is 14.3. The Bertz CT molecular complexity index is 730. The van der Waals surface area contributed by atoms with Gasteiger partial charge in [-0.3, -0.25) is 0 Å². The first kappa shape index (κ1) is 33.9.